The number of rotatable bonds is 2. The van der Waals surface area contributed by atoms with Crippen molar-refractivity contribution in [1.82, 2.24) is 0 Å². The molecule has 0 aromatic carbocycles. The van der Waals surface area contributed by atoms with Crippen molar-refractivity contribution in [2.75, 3.05) is 7.11 Å². The molecule has 68 valence electrons. The summed E-state index contributed by atoms with van der Waals surface area (Å²) in [6.07, 6.45) is 4.87. The highest BCUT2D eigenvalue weighted by Crippen LogP contribution is 2.29. The van der Waals surface area contributed by atoms with Gasteiger partial charge in [-0.2, -0.15) is 0 Å². The number of methoxy groups -OCH3 is 1. The second-order valence-electron chi connectivity index (χ2n) is 3.70. The lowest BCUT2D eigenvalue weighted by Crippen LogP contribution is -2.25. The predicted octanol–water partition coefficient (Wildman–Crippen LogP) is 2.93. The molecule has 1 rings (SSSR count). The van der Waals surface area contributed by atoms with Crippen LogP contribution in [0.25, 0.3) is 0 Å². The summed E-state index contributed by atoms with van der Waals surface area (Å²) < 4.78 is 5.40. The van der Waals surface area contributed by atoms with Crippen LogP contribution in [0.5, 0.6) is 0 Å². The minimum absolute atomic E-state index is 0.260. The van der Waals surface area contributed by atoms with E-state index in [1.807, 2.05) is 0 Å². The van der Waals surface area contributed by atoms with E-state index in [0.717, 1.165) is 0 Å². The monoisotopic (exact) mass is 166 g/mol. The number of allylic oxidation sites excluding steroid dienone is 1. The number of ether oxygens (including phenoxy) is 1. The Bertz CT molecular complexity index is 203. The Balaban J connectivity index is 2.72. The summed E-state index contributed by atoms with van der Waals surface area (Å²) in [4.78, 5) is 0. The summed E-state index contributed by atoms with van der Waals surface area (Å²) in [6.45, 7) is 8.25. The van der Waals surface area contributed by atoms with Gasteiger partial charge in [0.25, 0.3) is 0 Å². The Morgan fingerprint density at radius 1 is 1.67 bits per heavy atom. The van der Waals surface area contributed by atoms with Crippen LogP contribution in [0, 0.1) is 5.92 Å². The molecule has 1 aliphatic rings. The topological polar surface area (TPSA) is 9.23 Å². The van der Waals surface area contributed by atoms with E-state index in [4.69, 9.17) is 4.74 Å². The van der Waals surface area contributed by atoms with Crippen LogP contribution in [0.15, 0.2) is 23.8 Å². The summed E-state index contributed by atoms with van der Waals surface area (Å²) in [7, 11) is 1.77. The first-order valence-corrected chi connectivity index (χ1v) is 4.50. The van der Waals surface area contributed by atoms with Crippen molar-refractivity contribution in [1.29, 1.82) is 0 Å². The van der Waals surface area contributed by atoms with Crippen molar-refractivity contribution in [3.8, 4) is 0 Å². The van der Waals surface area contributed by atoms with Gasteiger partial charge in [0.15, 0.2) is 0 Å². The van der Waals surface area contributed by atoms with Gasteiger partial charge in [0.1, 0.15) is 0 Å². The Morgan fingerprint density at radius 3 is 2.83 bits per heavy atom. The van der Waals surface area contributed by atoms with Gasteiger partial charge in [0.05, 0.1) is 6.10 Å². The molecule has 0 aromatic heterocycles. The van der Waals surface area contributed by atoms with Crippen molar-refractivity contribution in [2.45, 2.75) is 32.8 Å². The standard InChI is InChI=1S/C11H18O/c1-8(2)10-6-5-9(3)7-11(10)12-4/h7,10-11H,1,5-6H2,2-4H3/t10-,11?/m0/s1. The molecule has 1 heteroatoms. The lowest BCUT2D eigenvalue weighted by molar-refractivity contribution is 0.0937. The van der Waals surface area contributed by atoms with Crippen LogP contribution >= 0.6 is 0 Å². The van der Waals surface area contributed by atoms with E-state index < -0.39 is 0 Å². The van der Waals surface area contributed by atoms with E-state index >= 15 is 0 Å². The predicted molar refractivity (Wildman–Crippen MR) is 52.1 cm³/mol. The van der Waals surface area contributed by atoms with Gasteiger partial charge < -0.3 is 4.74 Å². The van der Waals surface area contributed by atoms with Gasteiger partial charge >= 0.3 is 0 Å². The van der Waals surface area contributed by atoms with Crippen molar-refractivity contribution < 1.29 is 4.74 Å². The molecule has 0 N–H and O–H groups in total. The zero-order chi connectivity index (χ0) is 9.14. The third-order valence-electron chi connectivity index (χ3n) is 2.60. The van der Waals surface area contributed by atoms with Crippen LogP contribution in [0.3, 0.4) is 0 Å². The van der Waals surface area contributed by atoms with Gasteiger partial charge in [-0.3, -0.25) is 0 Å². The van der Waals surface area contributed by atoms with Crippen LogP contribution in [0.1, 0.15) is 26.7 Å². The maximum atomic E-state index is 5.40. The largest absolute Gasteiger partial charge is 0.377 e. The van der Waals surface area contributed by atoms with Gasteiger partial charge in [0, 0.05) is 13.0 Å². The molecule has 0 fully saturated rings. The van der Waals surface area contributed by atoms with E-state index in [0.29, 0.717) is 5.92 Å². The second-order valence-corrected chi connectivity index (χ2v) is 3.70. The first-order valence-electron chi connectivity index (χ1n) is 4.50. The normalized spacial score (nSPS) is 29.8. The number of hydrogen-bond acceptors (Lipinski definition) is 1. The minimum atomic E-state index is 0.260. The maximum Gasteiger partial charge on any atom is 0.0819 e. The lowest BCUT2D eigenvalue weighted by Gasteiger charge is -2.28. The first-order chi connectivity index (χ1) is 5.65. The highest BCUT2D eigenvalue weighted by Gasteiger charge is 2.23. The first kappa shape index (κ1) is 9.53. The third-order valence-corrected chi connectivity index (χ3v) is 2.60. The highest BCUT2D eigenvalue weighted by atomic mass is 16.5. The molecule has 0 amide bonds. The maximum absolute atomic E-state index is 5.40. The highest BCUT2D eigenvalue weighted by molar-refractivity contribution is 5.15. The molecule has 1 aliphatic carbocycles. The third kappa shape index (κ3) is 1.98. The molecule has 0 saturated heterocycles. The van der Waals surface area contributed by atoms with Crippen molar-refractivity contribution >= 4 is 0 Å². The second kappa shape index (κ2) is 3.90. The zero-order valence-corrected chi connectivity index (χ0v) is 8.26. The van der Waals surface area contributed by atoms with Crippen LogP contribution in [0.2, 0.25) is 0 Å². The van der Waals surface area contributed by atoms with Crippen molar-refractivity contribution in [3.05, 3.63) is 23.8 Å². The summed E-state index contributed by atoms with van der Waals surface area (Å²) in [5.74, 6) is 0.527. The average Bonchev–Trinajstić information content (AvgIpc) is 2.03. The quantitative estimate of drug-likeness (QED) is 0.573. The van der Waals surface area contributed by atoms with Crippen LogP contribution in [0.4, 0.5) is 0 Å². The van der Waals surface area contributed by atoms with E-state index in [2.05, 4.69) is 26.5 Å². The Hall–Kier alpha value is -0.560. The fourth-order valence-corrected chi connectivity index (χ4v) is 1.79. The minimum Gasteiger partial charge on any atom is -0.377 e. The van der Waals surface area contributed by atoms with E-state index in [1.165, 1.54) is 24.0 Å². The van der Waals surface area contributed by atoms with Crippen molar-refractivity contribution in [3.63, 3.8) is 0 Å². The molecule has 12 heavy (non-hydrogen) atoms. The fraction of sp³-hybridized carbons (Fsp3) is 0.636. The van der Waals surface area contributed by atoms with Crippen LogP contribution in [-0.2, 0) is 4.74 Å². The molecular formula is C11H18O. The molecule has 1 nitrogen and oxygen atoms in total. The summed E-state index contributed by atoms with van der Waals surface area (Å²) >= 11 is 0. The van der Waals surface area contributed by atoms with E-state index in [1.54, 1.807) is 7.11 Å². The lowest BCUT2D eigenvalue weighted by atomic mass is 9.84. The Kier molecular flexibility index (Phi) is 3.10. The van der Waals surface area contributed by atoms with Gasteiger partial charge in [-0.1, -0.05) is 23.8 Å². The zero-order valence-electron chi connectivity index (χ0n) is 8.26. The van der Waals surface area contributed by atoms with Crippen molar-refractivity contribution in [2.24, 2.45) is 5.92 Å². The SMILES string of the molecule is C=C(C)[C@@H]1CCC(C)=CC1OC. The van der Waals surface area contributed by atoms with E-state index in [-0.39, 0.29) is 6.10 Å². The van der Waals surface area contributed by atoms with E-state index in [9.17, 15) is 0 Å². The molecule has 0 aromatic rings. The van der Waals surface area contributed by atoms with Gasteiger partial charge in [-0.25, -0.2) is 0 Å². The molecule has 0 aliphatic heterocycles. The number of hydrogen-bond donors (Lipinski definition) is 0. The Labute approximate surface area is 75.1 Å². The van der Waals surface area contributed by atoms with Gasteiger partial charge in [-0.15, -0.1) is 0 Å². The smallest absolute Gasteiger partial charge is 0.0819 e. The van der Waals surface area contributed by atoms with Gasteiger partial charge in [0.2, 0.25) is 0 Å². The molecule has 2 atom stereocenters. The summed E-state index contributed by atoms with van der Waals surface area (Å²) in [6, 6.07) is 0. The molecule has 0 spiro atoms. The molecule has 0 heterocycles. The van der Waals surface area contributed by atoms with Gasteiger partial charge in [-0.05, 0) is 26.7 Å². The fourth-order valence-electron chi connectivity index (χ4n) is 1.79. The van der Waals surface area contributed by atoms with Crippen LogP contribution in [-0.4, -0.2) is 13.2 Å². The molecular weight excluding hydrogens is 148 g/mol. The molecule has 0 radical (unpaired) electrons. The summed E-state index contributed by atoms with van der Waals surface area (Å²) in [5, 5.41) is 0. The Morgan fingerprint density at radius 2 is 2.33 bits per heavy atom. The molecule has 0 saturated carbocycles. The summed E-state index contributed by atoms with van der Waals surface area (Å²) in [5.41, 5.74) is 2.69. The molecule has 0 bridgehead atoms. The average molecular weight is 166 g/mol. The molecule has 1 unspecified atom stereocenters. The van der Waals surface area contributed by atoms with Crippen LogP contribution < -0.4 is 0 Å².